The minimum Gasteiger partial charge on any atom is -0.389 e. The van der Waals surface area contributed by atoms with E-state index in [1.54, 1.807) is 19.1 Å². The molecule has 0 aliphatic carbocycles. The van der Waals surface area contributed by atoms with Crippen LogP contribution in [0.5, 0.6) is 0 Å². The number of alkyl halides is 1. The summed E-state index contributed by atoms with van der Waals surface area (Å²) in [5, 5.41) is 8.98. The minimum atomic E-state index is -0.538. The normalized spacial score (nSPS) is 14.9. The van der Waals surface area contributed by atoms with Crippen LogP contribution in [-0.2, 0) is 0 Å². The van der Waals surface area contributed by atoms with Crippen molar-refractivity contribution in [1.29, 1.82) is 0 Å². The summed E-state index contributed by atoms with van der Waals surface area (Å²) < 4.78 is 11.6. The maximum atomic E-state index is 11.6. The Labute approximate surface area is 60.9 Å². The Morgan fingerprint density at radius 2 is 2.40 bits per heavy atom. The van der Waals surface area contributed by atoms with Crippen molar-refractivity contribution in [3.8, 4) is 0 Å². The molecule has 0 fully saturated rings. The third kappa shape index (κ3) is 3.41. The fraction of sp³-hybridized carbons (Fsp3) is 0.500. The summed E-state index contributed by atoms with van der Waals surface area (Å²) in [6, 6.07) is 0. The van der Waals surface area contributed by atoms with Crippen molar-refractivity contribution in [2.45, 2.75) is 19.4 Å². The van der Waals surface area contributed by atoms with Crippen molar-refractivity contribution in [1.82, 2.24) is 0 Å². The van der Waals surface area contributed by atoms with Gasteiger partial charge in [-0.2, -0.15) is 0 Å². The summed E-state index contributed by atoms with van der Waals surface area (Å²) in [6.07, 6.45) is 3.01. The van der Waals surface area contributed by atoms with Gasteiger partial charge in [0.25, 0.3) is 0 Å². The van der Waals surface area contributed by atoms with E-state index in [9.17, 15) is 4.39 Å². The molecular formula is C8H13FO. The van der Waals surface area contributed by atoms with E-state index in [-0.39, 0.29) is 6.67 Å². The Balaban J connectivity index is 3.91. The van der Waals surface area contributed by atoms with Crippen molar-refractivity contribution in [2.24, 2.45) is 0 Å². The molecule has 0 bridgehead atoms. The fourth-order valence-corrected chi connectivity index (χ4v) is 0.646. The molecule has 10 heavy (non-hydrogen) atoms. The molecule has 1 atom stereocenters. The summed E-state index contributed by atoms with van der Waals surface area (Å²) in [5.41, 5.74) is 0.692. The highest BCUT2D eigenvalue weighted by molar-refractivity contribution is 5.19. The molecular weight excluding hydrogens is 131 g/mol. The van der Waals surface area contributed by atoms with Crippen LogP contribution < -0.4 is 0 Å². The van der Waals surface area contributed by atoms with Crippen molar-refractivity contribution in [2.75, 3.05) is 6.67 Å². The van der Waals surface area contributed by atoms with Gasteiger partial charge in [-0.05, 0) is 18.9 Å². The molecule has 0 spiro atoms. The predicted molar refractivity (Wildman–Crippen MR) is 40.6 cm³/mol. The number of aliphatic hydroxyl groups excluding tert-OH is 1. The first-order chi connectivity index (χ1) is 4.72. The van der Waals surface area contributed by atoms with Crippen LogP contribution in [0, 0.1) is 0 Å². The number of allylic oxidation sites excluding steroid dienone is 1. The molecule has 2 heteroatoms. The molecule has 0 saturated carbocycles. The lowest BCUT2D eigenvalue weighted by atomic mass is 10.1. The van der Waals surface area contributed by atoms with Crippen LogP contribution in [0.1, 0.15) is 13.3 Å². The molecule has 0 aromatic carbocycles. The van der Waals surface area contributed by atoms with Gasteiger partial charge in [-0.1, -0.05) is 18.7 Å². The number of halogens is 1. The van der Waals surface area contributed by atoms with Crippen LogP contribution in [0.4, 0.5) is 4.39 Å². The molecule has 0 aromatic rings. The smallest absolute Gasteiger partial charge is 0.0929 e. The van der Waals surface area contributed by atoms with Gasteiger partial charge in [0.15, 0.2) is 0 Å². The second-order valence-corrected chi connectivity index (χ2v) is 2.06. The highest BCUT2D eigenvalue weighted by Gasteiger charge is 1.97. The van der Waals surface area contributed by atoms with Gasteiger partial charge < -0.3 is 5.11 Å². The quantitative estimate of drug-likeness (QED) is 0.597. The van der Waals surface area contributed by atoms with Crippen LogP contribution in [-0.4, -0.2) is 17.9 Å². The third-order valence-electron chi connectivity index (χ3n) is 1.21. The van der Waals surface area contributed by atoms with E-state index in [2.05, 4.69) is 6.58 Å². The van der Waals surface area contributed by atoms with Crippen molar-refractivity contribution >= 4 is 0 Å². The number of rotatable bonds is 4. The molecule has 0 amide bonds. The van der Waals surface area contributed by atoms with Gasteiger partial charge in [0.2, 0.25) is 0 Å². The number of hydrogen-bond acceptors (Lipinski definition) is 1. The first-order valence-corrected chi connectivity index (χ1v) is 3.29. The molecule has 0 aliphatic heterocycles. The lowest BCUT2D eigenvalue weighted by Crippen LogP contribution is -2.01. The first-order valence-electron chi connectivity index (χ1n) is 3.29. The van der Waals surface area contributed by atoms with Crippen molar-refractivity contribution < 1.29 is 9.50 Å². The van der Waals surface area contributed by atoms with E-state index in [4.69, 9.17) is 5.11 Å². The van der Waals surface area contributed by atoms with Gasteiger partial charge in [0.1, 0.15) is 0 Å². The van der Waals surface area contributed by atoms with E-state index >= 15 is 0 Å². The topological polar surface area (TPSA) is 20.2 Å². The third-order valence-corrected chi connectivity index (χ3v) is 1.21. The fourth-order valence-electron chi connectivity index (χ4n) is 0.646. The van der Waals surface area contributed by atoms with Crippen LogP contribution in [0.25, 0.3) is 0 Å². The first kappa shape index (κ1) is 9.37. The summed E-state index contributed by atoms with van der Waals surface area (Å²) >= 11 is 0. The second kappa shape index (κ2) is 5.18. The molecule has 0 aliphatic rings. The van der Waals surface area contributed by atoms with E-state index < -0.39 is 6.10 Å². The average molecular weight is 144 g/mol. The summed E-state index contributed by atoms with van der Waals surface area (Å²) in [7, 11) is 0. The predicted octanol–water partition coefficient (Wildman–Crippen LogP) is 1.84. The largest absolute Gasteiger partial charge is 0.389 e. The van der Waals surface area contributed by atoms with Crippen LogP contribution >= 0.6 is 0 Å². The Morgan fingerprint density at radius 1 is 1.80 bits per heavy atom. The van der Waals surface area contributed by atoms with E-state index in [0.29, 0.717) is 12.0 Å². The molecule has 0 radical (unpaired) electrons. The summed E-state index contributed by atoms with van der Waals surface area (Å²) in [5.74, 6) is 0. The van der Waals surface area contributed by atoms with E-state index in [1.807, 2.05) is 0 Å². The van der Waals surface area contributed by atoms with Gasteiger partial charge in [-0.3, -0.25) is 4.39 Å². The van der Waals surface area contributed by atoms with Gasteiger partial charge in [-0.25, -0.2) is 0 Å². The number of hydrogen-bond donors (Lipinski definition) is 1. The lowest BCUT2D eigenvalue weighted by molar-refractivity contribution is 0.235. The Bertz CT molecular complexity index is 127. The van der Waals surface area contributed by atoms with E-state index in [0.717, 1.165) is 0 Å². The molecule has 0 heterocycles. The monoisotopic (exact) mass is 144 g/mol. The Hall–Kier alpha value is -0.630. The Morgan fingerprint density at radius 3 is 2.70 bits per heavy atom. The van der Waals surface area contributed by atoms with Crippen molar-refractivity contribution in [3.05, 3.63) is 24.3 Å². The van der Waals surface area contributed by atoms with Gasteiger partial charge in [-0.15, -0.1) is 0 Å². The standard InChI is InChI=1S/C8H13FO/c1-3-8(7(2)10)5-4-6-9/h3,5,7,10H,1,4,6H2,2H3/b8-5+. The second-order valence-electron chi connectivity index (χ2n) is 2.06. The summed E-state index contributed by atoms with van der Waals surface area (Å²) in [6.45, 7) is 4.73. The van der Waals surface area contributed by atoms with Crippen LogP contribution in [0.3, 0.4) is 0 Å². The zero-order chi connectivity index (χ0) is 7.98. The zero-order valence-corrected chi connectivity index (χ0v) is 6.18. The average Bonchev–Trinajstić information content (AvgIpc) is 1.89. The molecule has 0 rings (SSSR count). The molecule has 0 saturated heterocycles. The Kier molecular flexibility index (Phi) is 4.85. The molecule has 1 unspecified atom stereocenters. The van der Waals surface area contributed by atoms with Gasteiger partial charge >= 0.3 is 0 Å². The van der Waals surface area contributed by atoms with Crippen LogP contribution in [0.2, 0.25) is 0 Å². The molecule has 1 nitrogen and oxygen atoms in total. The SMILES string of the molecule is C=C/C(=C\CCF)C(C)O. The maximum absolute atomic E-state index is 11.6. The van der Waals surface area contributed by atoms with Crippen molar-refractivity contribution in [3.63, 3.8) is 0 Å². The molecule has 1 N–H and O–H groups in total. The zero-order valence-electron chi connectivity index (χ0n) is 6.18. The molecule has 58 valence electrons. The van der Waals surface area contributed by atoms with Crippen LogP contribution in [0.15, 0.2) is 24.3 Å². The van der Waals surface area contributed by atoms with Gasteiger partial charge in [0, 0.05) is 0 Å². The van der Waals surface area contributed by atoms with Gasteiger partial charge in [0.05, 0.1) is 12.8 Å². The maximum Gasteiger partial charge on any atom is 0.0929 e. The minimum absolute atomic E-state index is 0.353. The molecule has 0 aromatic heterocycles. The van der Waals surface area contributed by atoms with E-state index in [1.165, 1.54) is 0 Å². The number of aliphatic hydroxyl groups is 1. The summed E-state index contributed by atoms with van der Waals surface area (Å²) in [4.78, 5) is 0. The highest BCUT2D eigenvalue weighted by Crippen LogP contribution is 2.03. The highest BCUT2D eigenvalue weighted by atomic mass is 19.1. The lowest BCUT2D eigenvalue weighted by Gasteiger charge is -2.03.